The summed E-state index contributed by atoms with van der Waals surface area (Å²) in [4.78, 5) is 26.1. The molecule has 1 aromatic rings. The van der Waals surface area contributed by atoms with E-state index in [9.17, 15) is 14.7 Å². The number of aliphatic hydroxyl groups is 1. The van der Waals surface area contributed by atoms with Crippen molar-refractivity contribution in [3.63, 3.8) is 0 Å². The Morgan fingerprint density at radius 2 is 2.07 bits per heavy atom. The van der Waals surface area contributed by atoms with Crippen molar-refractivity contribution in [2.24, 2.45) is 5.92 Å². The molecule has 0 spiro atoms. The summed E-state index contributed by atoms with van der Waals surface area (Å²) in [5.74, 6) is 1.03. The van der Waals surface area contributed by atoms with Crippen molar-refractivity contribution in [1.82, 2.24) is 4.90 Å². The summed E-state index contributed by atoms with van der Waals surface area (Å²) in [6.07, 6.45) is 7.32. The highest BCUT2D eigenvalue weighted by molar-refractivity contribution is 5.94. The van der Waals surface area contributed by atoms with Crippen molar-refractivity contribution in [3.05, 3.63) is 23.8 Å². The summed E-state index contributed by atoms with van der Waals surface area (Å²) in [6.45, 7) is 2.93. The van der Waals surface area contributed by atoms with Gasteiger partial charge >= 0.3 is 0 Å². The number of hydrogen-bond acceptors (Lipinski definition) is 4. The Morgan fingerprint density at radius 3 is 2.82 bits per heavy atom. The topological polar surface area (TPSA) is 78.9 Å². The maximum Gasteiger partial charge on any atom is 0.224 e. The number of rotatable bonds is 8. The molecule has 0 bridgehead atoms. The van der Waals surface area contributed by atoms with Crippen LogP contribution in [0.2, 0.25) is 0 Å². The minimum absolute atomic E-state index is 0.0127. The number of fused-ring (bicyclic) bond motifs is 1. The number of benzene rings is 1. The second-order valence-electron chi connectivity index (χ2n) is 8.09. The highest BCUT2D eigenvalue weighted by Crippen LogP contribution is 2.27. The van der Waals surface area contributed by atoms with E-state index in [4.69, 9.17) is 4.74 Å². The first-order valence-electron chi connectivity index (χ1n) is 10.5. The van der Waals surface area contributed by atoms with Crippen LogP contribution in [0.3, 0.4) is 0 Å². The van der Waals surface area contributed by atoms with E-state index in [-0.39, 0.29) is 30.4 Å². The van der Waals surface area contributed by atoms with Crippen molar-refractivity contribution >= 4 is 17.5 Å². The van der Waals surface area contributed by atoms with Crippen LogP contribution in [-0.2, 0) is 16.0 Å². The monoisotopic (exact) mass is 388 g/mol. The van der Waals surface area contributed by atoms with Crippen LogP contribution in [0.5, 0.6) is 5.75 Å². The van der Waals surface area contributed by atoms with E-state index in [2.05, 4.69) is 5.32 Å². The van der Waals surface area contributed by atoms with E-state index in [1.165, 1.54) is 6.42 Å². The van der Waals surface area contributed by atoms with Crippen LogP contribution >= 0.6 is 0 Å². The van der Waals surface area contributed by atoms with Gasteiger partial charge in [-0.05, 0) is 48.9 Å². The lowest BCUT2D eigenvalue weighted by Crippen LogP contribution is -2.43. The fourth-order valence-electron chi connectivity index (χ4n) is 4.17. The Morgan fingerprint density at radius 1 is 1.29 bits per heavy atom. The lowest BCUT2D eigenvalue weighted by molar-refractivity contribution is -0.136. The van der Waals surface area contributed by atoms with Gasteiger partial charge in [0.25, 0.3) is 0 Å². The third-order valence-electron chi connectivity index (χ3n) is 5.71. The van der Waals surface area contributed by atoms with Crippen molar-refractivity contribution < 1.29 is 19.4 Å². The second-order valence-corrected chi connectivity index (χ2v) is 8.09. The Hall–Kier alpha value is -2.08. The first-order chi connectivity index (χ1) is 13.6. The van der Waals surface area contributed by atoms with Crippen LogP contribution < -0.4 is 10.1 Å². The van der Waals surface area contributed by atoms with E-state index in [0.717, 1.165) is 49.1 Å². The quantitative estimate of drug-likeness (QED) is 0.717. The van der Waals surface area contributed by atoms with E-state index in [0.29, 0.717) is 26.0 Å². The van der Waals surface area contributed by atoms with Crippen LogP contribution in [0.25, 0.3) is 0 Å². The summed E-state index contributed by atoms with van der Waals surface area (Å²) >= 11 is 0. The van der Waals surface area contributed by atoms with Crippen molar-refractivity contribution in [2.45, 2.75) is 64.3 Å². The summed E-state index contributed by atoms with van der Waals surface area (Å²) in [5, 5.41) is 12.2. The van der Waals surface area contributed by atoms with Gasteiger partial charge in [0.05, 0.1) is 13.2 Å². The van der Waals surface area contributed by atoms with Gasteiger partial charge in [0.15, 0.2) is 0 Å². The molecule has 6 heteroatoms. The zero-order valence-electron chi connectivity index (χ0n) is 16.8. The summed E-state index contributed by atoms with van der Waals surface area (Å²) in [5.41, 5.74) is 1.95. The molecule has 1 heterocycles. The van der Waals surface area contributed by atoms with Gasteiger partial charge in [0.2, 0.25) is 11.8 Å². The zero-order valence-corrected chi connectivity index (χ0v) is 16.8. The van der Waals surface area contributed by atoms with Gasteiger partial charge in [-0.25, -0.2) is 0 Å². The lowest BCUT2D eigenvalue weighted by atomic mass is 9.93. The van der Waals surface area contributed by atoms with Crippen LogP contribution in [-0.4, -0.2) is 47.6 Å². The molecule has 0 aromatic heterocycles. The molecular weight excluding hydrogens is 356 g/mol. The lowest BCUT2D eigenvalue weighted by Gasteiger charge is -2.34. The number of nitrogens with one attached hydrogen (secondary N) is 1. The maximum atomic E-state index is 12.8. The van der Waals surface area contributed by atoms with Gasteiger partial charge in [-0.2, -0.15) is 0 Å². The van der Waals surface area contributed by atoms with Gasteiger partial charge < -0.3 is 20.1 Å². The highest BCUT2D eigenvalue weighted by atomic mass is 16.5. The molecule has 1 fully saturated rings. The molecule has 2 N–H and O–H groups in total. The molecule has 1 saturated carbocycles. The molecule has 154 valence electrons. The fourth-order valence-corrected chi connectivity index (χ4v) is 4.17. The predicted octanol–water partition coefficient (Wildman–Crippen LogP) is 3.13. The molecule has 1 aliphatic carbocycles. The van der Waals surface area contributed by atoms with Crippen molar-refractivity contribution in [1.29, 1.82) is 0 Å². The molecule has 1 unspecified atom stereocenters. The Balaban J connectivity index is 1.50. The average Bonchev–Trinajstić information content (AvgIpc) is 2.71. The van der Waals surface area contributed by atoms with E-state index >= 15 is 0 Å². The largest absolute Gasteiger partial charge is 0.493 e. The summed E-state index contributed by atoms with van der Waals surface area (Å²) < 4.78 is 5.91. The number of hydrogen-bond donors (Lipinski definition) is 2. The first kappa shape index (κ1) is 20.6. The van der Waals surface area contributed by atoms with Gasteiger partial charge in [-0.1, -0.05) is 26.2 Å². The minimum atomic E-state index is 0.0127. The molecule has 0 radical (unpaired) electrons. The van der Waals surface area contributed by atoms with E-state index in [1.54, 1.807) is 0 Å². The molecule has 2 aliphatic rings. The SMILES string of the molecule is CC(COc1ccc2c(c1)CCC(=O)N2)CC(=O)N(CCO)C1CCCCC1. The molecule has 6 nitrogen and oxygen atoms in total. The standard InChI is InChI=1S/C22H32N2O4/c1-16(13-22(27)24(11-12-25)18-5-3-2-4-6-18)15-28-19-8-9-20-17(14-19)7-10-21(26)23-20/h8-9,14,16,18,25H,2-7,10-13,15H2,1H3,(H,23,26). The van der Waals surface area contributed by atoms with Gasteiger partial charge in [-0.3, -0.25) is 9.59 Å². The van der Waals surface area contributed by atoms with E-state index in [1.807, 2.05) is 30.0 Å². The highest BCUT2D eigenvalue weighted by Gasteiger charge is 2.26. The number of amides is 2. The fraction of sp³-hybridized carbons (Fsp3) is 0.636. The number of anilines is 1. The molecule has 1 aromatic carbocycles. The maximum absolute atomic E-state index is 12.8. The Kier molecular flexibility index (Phi) is 7.31. The summed E-state index contributed by atoms with van der Waals surface area (Å²) in [7, 11) is 0. The molecule has 1 atom stereocenters. The number of carbonyl (C=O) groups excluding carboxylic acids is 2. The zero-order chi connectivity index (χ0) is 19.9. The molecule has 28 heavy (non-hydrogen) atoms. The smallest absolute Gasteiger partial charge is 0.224 e. The number of aliphatic hydroxyl groups excluding tert-OH is 1. The van der Waals surface area contributed by atoms with Gasteiger partial charge in [0.1, 0.15) is 5.75 Å². The van der Waals surface area contributed by atoms with Crippen molar-refractivity contribution in [2.75, 3.05) is 25.1 Å². The summed E-state index contributed by atoms with van der Waals surface area (Å²) in [6, 6.07) is 5.99. The molecule has 1 aliphatic heterocycles. The number of carbonyl (C=O) groups is 2. The Bertz CT molecular complexity index is 685. The molecule has 3 rings (SSSR count). The molecule has 0 saturated heterocycles. The number of ether oxygens (including phenoxy) is 1. The first-order valence-corrected chi connectivity index (χ1v) is 10.5. The average molecular weight is 389 g/mol. The molecular formula is C22H32N2O4. The number of nitrogens with zero attached hydrogens (tertiary/aromatic N) is 1. The second kappa shape index (κ2) is 9.92. The van der Waals surface area contributed by atoms with Crippen LogP contribution in [0, 0.1) is 5.92 Å². The number of aryl methyl sites for hydroxylation is 1. The van der Waals surface area contributed by atoms with E-state index < -0.39 is 0 Å². The third kappa shape index (κ3) is 5.47. The molecule has 2 amide bonds. The van der Waals surface area contributed by atoms with Crippen LogP contribution in [0.1, 0.15) is 57.4 Å². The van der Waals surface area contributed by atoms with Crippen LogP contribution in [0.15, 0.2) is 18.2 Å². The van der Waals surface area contributed by atoms with Crippen LogP contribution in [0.4, 0.5) is 5.69 Å². The Labute approximate surface area is 167 Å². The minimum Gasteiger partial charge on any atom is -0.493 e. The normalized spacial score (nSPS) is 18.1. The van der Waals surface area contributed by atoms with Gasteiger partial charge in [0, 0.05) is 31.1 Å². The van der Waals surface area contributed by atoms with Gasteiger partial charge in [-0.15, -0.1) is 0 Å². The predicted molar refractivity (Wildman–Crippen MR) is 108 cm³/mol. The van der Waals surface area contributed by atoms with Crippen molar-refractivity contribution in [3.8, 4) is 5.75 Å². The third-order valence-corrected chi connectivity index (χ3v) is 5.71.